The lowest BCUT2D eigenvalue weighted by Gasteiger charge is -2.22. The normalized spacial score (nSPS) is 12.9. The van der Waals surface area contributed by atoms with E-state index in [9.17, 15) is 4.39 Å². The van der Waals surface area contributed by atoms with E-state index in [0.29, 0.717) is 30.7 Å². The van der Waals surface area contributed by atoms with E-state index in [-0.39, 0.29) is 5.82 Å². The highest BCUT2D eigenvalue weighted by atomic mass is 19.1. The zero-order valence-corrected chi connectivity index (χ0v) is 11.6. The number of ether oxygens (including phenoxy) is 1. The maximum atomic E-state index is 13.4. The smallest absolute Gasteiger partial charge is 0.128 e. The number of benzene rings is 1. The van der Waals surface area contributed by atoms with Crippen molar-refractivity contribution in [2.45, 2.75) is 39.8 Å². The van der Waals surface area contributed by atoms with Gasteiger partial charge < -0.3 is 10.1 Å². The van der Waals surface area contributed by atoms with E-state index in [1.165, 1.54) is 6.07 Å². The monoisotopic (exact) mass is 253 g/mol. The maximum Gasteiger partial charge on any atom is 0.128 e. The van der Waals surface area contributed by atoms with Crippen molar-refractivity contribution >= 4 is 0 Å². The second-order valence-electron chi connectivity index (χ2n) is 4.91. The number of halogens is 1. The summed E-state index contributed by atoms with van der Waals surface area (Å²) in [4.78, 5) is 0. The first-order chi connectivity index (χ1) is 8.65. The highest BCUT2D eigenvalue weighted by Gasteiger charge is 2.12. The first-order valence-corrected chi connectivity index (χ1v) is 6.69. The minimum absolute atomic E-state index is 0.194. The molecule has 0 aliphatic heterocycles. The molecule has 0 spiro atoms. The van der Waals surface area contributed by atoms with Gasteiger partial charge >= 0.3 is 0 Å². The number of hydrogen-bond donors (Lipinski definition) is 1. The van der Waals surface area contributed by atoms with Crippen LogP contribution < -0.4 is 5.32 Å². The van der Waals surface area contributed by atoms with Crippen LogP contribution in [0.4, 0.5) is 4.39 Å². The van der Waals surface area contributed by atoms with E-state index in [0.717, 1.165) is 13.0 Å². The van der Waals surface area contributed by atoms with Crippen LogP contribution >= 0.6 is 0 Å². The van der Waals surface area contributed by atoms with Gasteiger partial charge in [-0.1, -0.05) is 39.0 Å². The van der Waals surface area contributed by atoms with E-state index in [1.807, 2.05) is 6.07 Å². The fraction of sp³-hybridized carbons (Fsp3) is 0.600. The van der Waals surface area contributed by atoms with Crippen LogP contribution in [-0.2, 0) is 11.3 Å². The molecule has 3 heteroatoms. The first-order valence-electron chi connectivity index (χ1n) is 6.69. The first kappa shape index (κ1) is 15.1. The molecule has 2 nitrogen and oxygen atoms in total. The lowest BCUT2D eigenvalue weighted by Crippen LogP contribution is -2.38. The molecule has 102 valence electrons. The Hall–Kier alpha value is -0.930. The SMILES string of the molecule is CCCNC(COCc1ccccc1F)C(C)C. The van der Waals surface area contributed by atoms with E-state index >= 15 is 0 Å². The van der Waals surface area contributed by atoms with Gasteiger partial charge in [-0.15, -0.1) is 0 Å². The third-order valence-corrected chi connectivity index (χ3v) is 2.97. The molecule has 0 radical (unpaired) electrons. The van der Waals surface area contributed by atoms with Crippen LogP contribution in [0.5, 0.6) is 0 Å². The van der Waals surface area contributed by atoms with Crippen LogP contribution in [-0.4, -0.2) is 19.2 Å². The van der Waals surface area contributed by atoms with Crippen LogP contribution in [0.3, 0.4) is 0 Å². The van der Waals surface area contributed by atoms with Gasteiger partial charge in [-0.3, -0.25) is 0 Å². The molecule has 0 aromatic heterocycles. The van der Waals surface area contributed by atoms with Gasteiger partial charge in [-0.25, -0.2) is 4.39 Å². The molecule has 1 unspecified atom stereocenters. The predicted octanol–water partition coefficient (Wildman–Crippen LogP) is 3.37. The fourth-order valence-corrected chi connectivity index (χ4v) is 1.73. The predicted molar refractivity (Wildman–Crippen MR) is 73.0 cm³/mol. The molecule has 1 atom stereocenters. The third kappa shape index (κ3) is 5.15. The van der Waals surface area contributed by atoms with E-state index < -0.39 is 0 Å². The molecule has 1 aromatic carbocycles. The fourth-order valence-electron chi connectivity index (χ4n) is 1.73. The highest BCUT2D eigenvalue weighted by molar-refractivity contribution is 5.16. The largest absolute Gasteiger partial charge is 0.375 e. The molecule has 0 fully saturated rings. The number of rotatable bonds is 8. The number of nitrogens with one attached hydrogen (secondary N) is 1. The Bertz CT molecular complexity index is 341. The molecule has 1 rings (SSSR count). The van der Waals surface area contributed by atoms with Gasteiger partial charge in [0.25, 0.3) is 0 Å². The molecule has 0 saturated heterocycles. The summed E-state index contributed by atoms with van der Waals surface area (Å²) in [5.41, 5.74) is 0.621. The van der Waals surface area contributed by atoms with Gasteiger partial charge in [0, 0.05) is 11.6 Å². The van der Waals surface area contributed by atoms with Gasteiger partial charge in [-0.05, 0) is 24.9 Å². The molecule has 0 bridgehead atoms. The number of hydrogen-bond acceptors (Lipinski definition) is 2. The van der Waals surface area contributed by atoms with Crippen molar-refractivity contribution < 1.29 is 9.13 Å². The lowest BCUT2D eigenvalue weighted by atomic mass is 10.1. The summed E-state index contributed by atoms with van der Waals surface area (Å²) in [7, 11) is 0. The summed E-state index contributed by atoms with van der Waals surface area (Å²) in [5.74, 6) is 0.317. The Balaban J connectivity index is 2.36. The minimum atomic E-state index is -0.194. The van der Waals surface area contributed by atoms with Crippen molar-refractivity contribution in [3.63, 3.8) is 0 Å². The minimum Gasteiger partial charge on any atom is -0.375 e. The molecule has 0 saturated carbocycles. The van der Waals surface area contributed by atoms with Gasteiger partial charge in [-0.2, -0.15) is 0 Å². The molecule has 18 heavy (non-hydrogen) atoms. The maximum absolute atomic E-state index is 13.4. The lowest BCUT2D eigenvalue weighted by molar-refractivity contribution is 0.0845. The molecular formula is C15H24FNO. The van der Waals surface area contributed by atoms with Crippen LogP contribution in [0.25, 0.3) is 0 Å². The summed E-state index contributed by atoms with van der Waals surface area (Å²) < 4.78 is 19.0. The van der Waals surface area contributed by atoms with Crippen LogP contribution in [0, 0.1) is 11.7 Å². The molecule has 1 aromatic rings. The standard InChI is InChI=1S/C15H24FNO/c1-4-9-17-15(12(2)3)11-18-10-13-7-5-6-8-14(13)16/h5-8,12,15,17H,4,9-11H2,1-3H3. The van der Waals surface area contributed by atoms with Gasteiger partial charge in [0.2, 0.25) is 0 Å². The molecule has 0 amide bonds. The van der Waals surface area contributed by atoms with Gasteiger partial charge in [0.1, 0.15) is 5.82 Å². The van der Waals surface area contributed by atoms with Crippen molar-refractivity contribution in [1.29, 1.82) is 0 Å². The van der Waals surface area contributed by atoms with Crippen LogP contribution in [0.15, 0.2) is 24.3 Å². The van der Waals surface area contributed by atoms with Crippen LogP contribution in [0.2, 0.25) is 0 Å². The summed E-state index contributed by atoms with van der Waals surface area (Å²) in [6.45, 7) is 8.42. The van der Waals surface area contributed by atoms with E-state index in [2.05, 4.69) is 26.1 Å². The second kappa shape index (κ2) is 8.22. The topological polar surface area (TPSA) is 21.3 Å². The average Bonchev–Trinajstić information content (AvgIpc) is 2.35. The van der Waals surface area contributed by atoms with Crippen molar-refractivity contribution in [1.82, 2.24) is 5.32 Å². The molecule has 0 aliphatic carbocycles. The molecule has 1 N–H and O–H groups in total. The Morgan fingerprint density at radius 1 is 1.28 bits per heavy atom. The van der Waals surface area contributed by atoms with Crippen molar-refractivity contribution in [2.75, 3.05) is 13.2 Å². The summed E-state index contributed by atoms with van der Waals surface area (Å²) in [6.07, 6.45) is 1.11. The zero-order chi connectivity index (χ0) is 13.4. The van der Waals surface area contributed by atoms with E-state index in [4.69, 9.17) is 4.74 Å². The average molecular weight is 253 g/mol. The summed E-state index contributed by atoms with van der Waals surface area (Å²) >= 11 is 0. The zero-order valence-electron chi connectivity index (χ0n) is 11.6. The summed E-state index contributed by atoms with van der Waals surface area (Å²) in [5, 5.41) is 3.45. The Labute approximate surface area is 110 Å². The molecule has 0 aliphatic rings. The van der Waals surface area contributed by atoms with Crippen molar-refractivity contribution in [3.8, 4) is 0 Å². The summed E-state index contributed by atoms with van der Waals surface area (Å²) in [6, 6.07) is 7.08. The van der Waals surface area contributed by atoms with E-state index in [1.54, 1.807) is 12.1 Å². The Kier molecular flexibility index (Phi) is 6.91. The van der Waals surface area contributed by atoms with Gasteiger partial charge in [0.15, 0.2) is 0 Å². The highest BCUT2D eigenvalue weighted by Crippen LogP contribution is 2.09. The van der Waals surface area contributed by atoms with Crippen LogP contribution in [0.1, 0.15) is 32.8 Å². The van der Waals surface area contributed by atoms with Crippen molar-refractivity contribution in [3.05, 3.63) is 35.6 Å². The molecular weight excluding hydrogens is 229 g/mol. The Morgan fingerprint density at radius 3 is 2.61 bits per heavy atom. The van der Waals surface area contributed by atoms with Gasteiger partial charge in [0.05, 0.1) is 13.2 Å². The third-order valence-electron chi connectivity index (χ3n) is 2.97. The molecule has 0 heterocycles. The quantitative estimate of drug-likeness (QED) is 0.767. The Morgan fingerprint density at radius 2 is 2.00 bits per heavy atom. The second-order valence-corrected chi connectivity index (χ2v) is 4.91. The van der Waals surface area contributed by atoms with Crippen molar-refractivity contribution in [2.24, 2.45) is 5.92 Å².